The van der Waals surface area contributed by atoms with Crippen LogP contribution in [0.4, 0.5) is 0 Å². The summed E-state index contributed by atoms with van der Waals surface area (Å²) in [6, 6.07) is 4.19. The lowest BCUT2D eigenvalue weighted by Crippen LogP contribution is -2.44. The Morgan fingerprint density at radius 3 is 2.95 bits per heavy atom. The van der Waals surface area contributed by atoms with E-state index in [1.165, 1.54) is 11.4 Å². The molecular weight excluding hydrogens is 236 g/mol. The Morgan fingerprint density at radius 2 is 2.21 bits per heavy atom. The number of hydrogen-bond acceptors (Lipinski definition) is 3. The molecule has 0 unspecified atom stereocenters. The Morgan fingerprint density at radius 1 is 1.32 bits per heavy atom. The quantitative estimate of drug-likeness (QED) is 0.823. The van der Waals surface area contributed by atoms with Crippen LogP contribution in [0.1, 0.15) is 30.7 Å². The van der Waals surface area contributed by atoms with Crippen molar-refractivity contribution in [2.24, 2.45) is 0 Å². The lowest BCUT2D eigenvalue weighted by Gasteiger charge is -2.39. The number of imidazole rings is 1. The highest BCUT2D eigenvalue weighted by Gasteiger charge is 2.28. The molecule has 2 aromatic heterocycles. The molecule has 19 heavy (non-hydrogen) atoms. The summed E-state index contributed by atoms with van der Waals surface area (Å²) in [7, 11) is 0. The second kappa shape index (κ2) is 5.53. The van der Waals surface area contributed by atoms with Crippen LogP contribution in [0.25, 0.3) is 0 Å². The molecule has 3 rings (SSSR count). The second-order valence-electron chi connectivity index (χ2n) is 5.21. The zero-order valence-electron chi connectivity index (χ0n) is 11.4. The van der Waals surface area contributed by atoms with E-state index in [-0.39, 0.29) is 0 Å². The highest BCUT2D eigenvalue weighted by atomic mass is 15.2. The summed E-state index contributed by atoms with van der Waals surface area (Å²) in [6.07, 6.45) is 8.96. The van der Waals surface area contributed by atoms with E-state index < -0.39 is 0 Å². The number of aromatic nitrogens is 3. The molecule has 0 radical (unpaired) electrons. The molecule has 0 spiro atoms. The molecule has 3 heterocycles. The summed E-state index contributed by atoms with van der Waals surface area (Å²) in [5.74, 6) is 1.83. The fraction of sp³-hybridized carbons (Fsp3) is 0.467. The first-order valence-electron chi connectivity index (χ1n) is 6.99. The third-order valence-corrected chi connectivity index (χ3v) is 3.74. The fourth-order valence-electron chi connectivity index (χ4n) is 2.66. The van der Waals surface area contributed by atoms with Crippen molar-refractivity contribution in [3.05, 3.63) is 48.3 Å². The van der Waals surface area contributed by atoms with Gasteiger partial charge in [-0.25, -0.2) is 4.98 Å². The first kappa shape index (κ1) is 12.4. The molecule has 4 nitrogen and oxygen atoms in total. The number of hydrogen-bond donors (Lipinski definition) is 0. The maximum atomic E-state index is 4.46. The van der Waals surface area contributed by atoms with Gasteiger partial charge >= 0.3 is 0 Å². The molecule has 1 saturated heterocycles. The van der Waals surface area contributed by atoms with Crippen LogP contribution in [0.15, 0.2) is 36.9 Å². The molecule has 100 valence electrons. The normalized spacial score (nSPS) is 16.5. The highest BCUT2D eigenvalue weighted by Crippen LogP contribution is 2.27. The van der Waals surface area contributed by atoms with Crippen molar-refractivity contribution in [2.45, 2.75) is 32.4 Å². The zero-order chi connectivity index (χ0) is 13.1. The molecule has 4 heteroatoms. The number of nitrogens with zero attached hydrogens (tertiary/aromatic N) is 4. The third kappa shape index (κ3) is 2.68. The van der Waals surface area contributed by atoms with Crippen molar-refractivity contribution in [1.29, 1.82) is 0 Å². The van der Waals surface area contributed by atoms with Crippen LogP contribution in [0, 0.1) is 0 Å². The van der Waals surface area contributed by atoms with Crippen LogP contribution >= 0.6 is 0 Å². The molecule has 2 aromatic rings. The predicted octanol–water partition coefficient (Wildman–Crippen LogP) is 2.29. The Kier molecular flexibility index (Phi) is 3.60. The molecule has 1 aliphatic rings. The van der Waals surface area contributed by atoms with Crippen molar-refractivity contribution in [1.82, 2.24) is 19.4 Å². The van der Waals surface area contributed by atoms with Gasteiger partial charge < -0.3 is 4.57 Å². The van der Waals surface area contributed by atoms with E-state index in [9.17, 15) is 0 Å². The van der Waals surface area contributed by atoms with Crippen LogP contribution in [0.5, 0.6) is 0 Å². The standard InChI is InChI=1S/C15H20N4/c1-2-7-19-8-6-17-15(19)12-18-10-14(11-18)13-4-3-5-16-9-13/h3-6,8-9,14H,2,7,10-12H2,1H3. The zero-order valence-corrected chi connectivity index (χ0v) is 11.4. The topological polar surface area (TPSA) is 34.0 Å². The minimum absolute atomic E-state index is 0.642. The number of aryl methyl sites for hydroxylation is 1. The third-order valence-electron chi connectivity index (χ3n) is 3.74. The summed E-state index contributed by atoms with van der Waals surface area (Å²) >= 11 is 0. The molecule has 0 bridgehead atoms. The molecule has 0 amide bonds. The fourth-order valence-corrected chi connectivity index (χ4v) is 2.66. The van der Waals surface area contributed by atoms with E-state index in [4.69, 9.17) is 0 Å². The maximum Gasteiger partial charge on any atom is 0.122 e. The van der Waals surface area contributed by atoms with Crippen molar-refractivity contribution < 1.29 is 0 Å². The van der Waals surface area contributed by atoms with Crippen molar-refractivity contribution >= 4 is 0 Å². The van der Waals surface area contributed by atoms with Gasteiger partial charge in [-0.1, -0.05) is 13.0 Å². The van der Waals surface area contributed by atoms with Crippen molar-refractivity contribution in [3.8, 4) is 0 Å². The molecule has 0 aromatic carbocycles. The van der Waals surface area contributed by atoms with Crippen LogP contribution in [-0.2, 0) is 13.1 Å². The lowest BCUT2D eigenvalue weighted by molar-refractivity contribution is 0.134. The van der Waals surface area contributed by atoms with Crippen molar-refractivity contribution in [3.63, 3.8) is 0 Å². The summed E-state index contributed by atoms with van der Waals surface area (Å²) in [5.41, 5.74) is 1.36. The van der Waals surface area contributed by atoms with Gasteiger partial charge in [0.25, 0.3) is 0 Å². The van der Waals surface area contributed by atoms with Crippen LogP contribution in [0.3, 0.4) is 0 Å². The monoisotopic (exact) mass is 256 g/mol. The van der Waals surface area contributed by atoms with E-state index >= 15 is 0 Å². The van der Waals surface area contributed by atoms with E-state index in [0.717, 1.165) is 32.6 Å². The van der Waals surface area contributed by atoms with Gasteiger partial charge in [0.15, 0.2) is 0 Å². The smallest absolute Gasteiger partial charge is 0.122 e. The van der Waals surface area contributed by atoms with Gasteiger partial charge in [0.2, 0.25) is 0 Å². The minimum Gasteiger partial charge on any atom is -0.334 e. The van der Waals surface area contributed by atoms with E-state index in [1.54, 1.807) is 0 Å². The largest absolute Gasteiger partial charge is 0.334 e. The average Bonchev–Trinajstić information content (AvgIpc) is 2.82. The van der Waals surface area contributed by atoms with Gasteiger partial charge in [0.05, 0.1) is 6.54 Å². The first-order chi connectivity index (χ1) is 9.36. The van der Waals surface area contributed by atoms with Gasteiger partial charge in [-0.15, -0.1) is 0 Å². The minimum atomic E-state index is 0.642. The Balaban J connectivity index is 1.55. The number of likely N-dealkylation sites (tertiary alicyclic amines) is 1. The lowest BCUT2D eigenvalue weighted by atomic mass is 9.93. The molecule has 0 aliphatic carbocycles. The Labute approximate surface area is 114 Å². The maximum absolute atomic E-state index is 4.46. The van der Waals surface area contributed by atoms with Crippen LogP contribution < -0.4 is 0 Å². The summed E-state index contributed by atoms with van der Waals surface area (Å²) in [6.45, 7) is 6.46. The predicted molar refractivity (Wildman–Crippen MR) is 74.8 cm³/mol. The Bertz CT molecular complexity index is 514. The van der Waals surface area contributed by atoms with Gasteiger partial charge in [-0.05, 0) is 18.1 Å². The van der Waals surface area contributed by atoms with E-state index in [0.29, 0.717) is 5.92 Å². The summed E-state index contributed by atoms with van der Waals surface area (Å²) < 4.78 is 2.26. The molecule has 0 N–H and O–H groups in total. The molecule has 1 fully saturated rings. The molecule has 0 atom stereocenters. The van der Waals surface area contributed by atoms with E-state index in [1.807, 2.05) is 24.7 Å². The second-order valence-corrected chi connectivity index (χ2v) is 5.21. The van der Waals surface area contributed by atoms with Gasteiger partial charge in [-0.2, -0.15) is 0 Å². The van der Waals surface area contributed by atoms with E-state index in [2.05, 4.69) is 38.6 Å². The Hall–Kier alpha value is -1.68. The van der Waals surface area contributed by atoms with Gasteiger partial charge in [-0.3, -0.25) is 9.88 Å². The van der Waals surface area contributed by atoms with Crippen molar-refractivity contribution in [2.75, 3.05) is 13.1 Å². The number of rotatable bonds is 5. The summed E-state index contributed by atoms with van der Waals surface area (Å²) in [4.78, 5) is 11.1. The van der Waals surface area contributed by atoms with Gasteiger partial charge in [0, 0.05) is 50.3 Å². The SMILES string of the molecule is CCCn1ccnc1CN1CC(c2cccnc2)C1. The molecule has 0 saturated carbocycles. The van der Waals surface area contributed by atoms with Crippen LogP contribution in [0.2, 0.25) is 0 Å². The average molecular weight is 256 g/mol. The first-order valence-corrected chi connectivity index (χ1v) is 6.99. The molecular formula is C15H20N4. The number of pyridine rings is 1. The van der Waals surface area contributed by atoms with Crippen LogP contribution in [-0.4, -0.2) is 32.5 Å². The summed E-state index contributed by atoms with van der Waals surface area (Å²) in [5, 5.41) is 0. The highest BCUT2D eigenvalue weighted by molar-refractivity contribution is 5.18. The molecule has 1 aliphatic heterocycles. The van der Waals surface area contributed by atoms with Gasteiger partial charge in [0.1, 0.15) is 5.82 Å².